The average molecular weight is 282 g/mol. The predicted molar refractivity (Wildman–Crippen MR) is 74.2 cm³/mol. The van der Waals surface area contributed by atoms with Crippen LogP contribution >= 0.6 is 0 Å². The number of carboxylic acid groups (broad SMARTS) is 1. The van der Waals surface area contributed by atoms with Crippen molar-refractivity contribution in [2.45, 2.75) is 38.6 Å². The van der Waals surface area contributed by atoms with Gasteiger partial charge in [0.25, 0.3) is 0 Å². The number of hydrogen-bond acceptors (Lipinski definition) is 3. The molecule has 0 saturated carbocycles. The third-order valence-corrected chi connectivity index (χ3v) is 2.96. The minimum absolute atomic E-state index is 0.197. The Bertz CT molecular complexity index is 431. The molecular weight excluding hydrogens is 260 g/mol. The lowest BCUT2D eigenvalue weighted by Gasteiger charge is -2.07. The maximum absolute atomic E-state index is 11.5. The summed E-state index contributed by atoms with van der Waals surface area (Å²) in [4.78, 5) is 21.8. The Balaban J connectivity index is 1.98. The lowest BCUT2D eigenvalue weighted by atomic mass is 10.1. The van der Waals surface area contributed by atoms with Crippen molar-refractivity contribution in [2.24, 2.45) is 7.05 Å². The number of unbranched alkanes of at least 4 members (excludes halogenated alkanes) is 3. The van der Waals surface area contributed by atoms with Gasteiger partial charge in [0.15, 0.2) is 0 Å². The van der Waals surface area contributed by atoms with Crippen LogP contribution < -0.4 is 10.6 Å². The molecule has 1 rings (SSSR count). The van der Waals surface area contributed by atoms with Crippen molar-refractivity contribution in [3.8, 4) is 0 Å². The van der Waals surface area contributed by atoms with Crippen LogP contribution in [0.2, 0.25) is 0 Å². The van der Waals surface area contributed by atoms with Gasteiger partial charge in [-0.25, -0.2) is 4.79 Å². The number of aromatic nitrogens is 2. The second-order valence-corrected chi connectivity index (χ2v) is 4.61. The lowest BCUT2D eigenvalue weighted by molar-refractivity contribution is -0.137. The molecule has 0 aliphatic heterocycles. The molecule has 7 nitrogen and oxygen atoms in total. The molecule has 2 amide bonds. The van der Waals surface area contributed by atoms with Gasteiger partial charge >= 0.3 is 12.0 Å². The zero-order valence-corrected chi connectivity index (χ0v) is 11.8. The molecule has 7 heteroatoms. The van der Waals surface area contributed by atoms with Gasteiger partial charge in [0, 0.05) is 26.2 Å². The molecule has 0 atom stereocenters. The first-order valence-corrected chi connectivity index (χ1v) is 6.80. The van der Waals surface area contributed by atoms with Crippen molar-refractivity contribution in [1.82, 2.24) is 20.4 Å². The maximum atomic E-state index is 11.5. The van der Waals surface area contributed by atoms with E-state index in [4.69, 9.17) is 5.11 Å². The Morgan fingerprint density at radius 1 is 1.25 bits per heavy atom. The largest absolute Gasteiger partial charge is 0.481 e. The van der Waals surface area contributed by atoms with Crippen LogP contribution in [0, 0.1) is 0 Å². The van der Waals surface area contributed by atoms with Gasteiger partial charge in [-0.05, 0) is 18.9 Å². The van der Waals surface area contributed by atoms with Gasteiger partial charge in [-0.15, -0.1) is 0 Å². The first-order valence-electron chi connectivity index (χ1n) is 6.80. The molecule has 0 radical (unpaired) electrons. The summed E-state index contributed by atoms with van der Waals surface area (Å²) >= 11 is 0. The number of aryl methyl sites for hydroxylation is 1. The van der Waals surface area contributed by atoms with Crippen molar-refractivity contribution < 1.29 is 14.7 Å². The predicted octanol–water partition coefficient (Wildman–Crippen LogP) is 1.25. The van der Waals surface area contributed by atoms with E-state index >= 15 is 0 Å². The van der Waals surface area contributed by atoms with E-state index in [0.717, 1.165) is 25.0 Å². The van der Waals surface area contributed by atoms with Crippen LogP contribution in [0.5, 0.6) is 0 Å². The van der Waals surface area contributed by atoms with Crippen LogP contribution in [0.25, 0.3) is 0 Å². The molecule has 0 unspecified atom stereocenters. The Morgan fingerprint density at radius 3 is 2.65 bits per heavy atom. The first kappa shape index (κ1) is 16.0. The number of urea groups is 1. The summed E-state index contributed by atoms with van der Waals surface area (Å²) in [7, 11) is 1.83. The second kappa shape index (κ2) is 8.95. The molecule has 3 N–H and O–H groups in total. The number of nitrogens with zero attached hydrogens (tertiary/aromatic N) is 2. The fourth-order valence-electron chi connectivity index (χ4n) is 1.76. The molecule has 1 heterocycles. The van der Waals surface area contributed by atoms with Gasteiger partial charge in [-0.2, -0.15) is 5.10 Å². The monoisotopic (exact) mass is 282 g/mol. The minimum atomic E-state index is -0.752. The zero-order chi connectivity index (χ0) is 14.8. The van der Waals surface area contributed by atoms with Gasteiger partial charge < -0.3 is 15.7 Å². The first-order chi connectivity index (χ1) is 9.59. The molecule has 20 heavy (non-hydrogen) atoms. The van der Waals surface area contributed by atoms with E-state index in [2.05, 4.69) is 15.7 Å². The summed E-state index contributed by atoms with van der Waals surface area (Å²) in [6.45, 7) is 1.05. The summed E-state index contributed by atoms with van der Waals surface area (Å²) in [5.74, 6) is -0.752. The highest BCUT2D eigenvalue weighted by Gasteiger charge is 2.02. The number of rotatable bonds is 9. The zero-order valence-electron chi connectivity index (χ0n) is 11.8. The number of carboxylic acids is 1. The van der Waals surface area contributed by atoms with Crippen LogP contribution in [0.3, 0.4) is 0 Å². The van der Waals surface area contributed by atoms with Gasteiger partial charge in [0.1, 0.15) is 0 Å². The second-order valence-electron chi connectivity index (χ2n) is 4.61. The van der Waals surface area contributed by atoms with Crippen LogP contribution in [-0.4, -0.2) is 33.4 Å². The maximum Gasteiger partial charge on any atom is 0.315 e. The highest BCUT2D eigenvalue weighted by Crippen LogP contribution is 2.02. The van der Waals surface area contributed by atoms with Crippen molar-refractivity contribution in [3.05, 3.63) is 18.0 Å². The molecule has 112 valence electrons. The quantitative estimate of drug-likeness (QED) is 0.594. The van der Waals surface area contributed by atoms with Crippen LogP contribution in [-0.2, 0) is 18.4 Å². The standard InChI is InChI=1S/C13H22N4O3/c1-17-11(7-9-16-17)10-15-13(20)14-8-5-3-2-4-6-12(18)19/h7,9H,2-6,8,10H2,1H3,(H,18,19)(H2,14,15,20). The minimum Gasteiger partial charge on any atom is -0.481 e. The summed E-state index contributed by atoms with van der Waals surface area (Å²) in [6.07, 6.45) is 5.27. The van der Waals surface area contributed by atoms with E-state index in [-0.39, 0.29) is 12.5 Å². The molecule has 0 fully saturated rings. The molecule has 0 saturated heterocycles. The number of carbonyl (C=O) groups is 2. The van der Waals surface area contributed by atoms with Crippen molar-refractivity contribution in [3.63, 3.8) is 0 Å². The van der Waals surface area contributed by atoms with Crippen molar-refractivity contribution >= 4 is 12.0 Å². The SMILES string of the molecule is Cn1nccc1CNC(=O)NCCCCCCC(=O)O. The summed E-state index contributed by atoms with van der Waals surface area (Å²) in [6, 6.07) is 1.65. The van der Waals surface area contributed by atoms with Crippen molar-refractivity contribution in [1.29, 1.82) is 0 Å². The Labute approximate surface area is 118 Å². The highest BCUT2D eigenvalue weighted by molar-refractivity contribution is 5.73. The Morgan fingerprint density at radius 2 is 2.00 bits per heavy atom. The van der Waals surface area contributed by atoms with E-state index in [0.29, 0.717) is 19.5 Å². The molecule has 0 aromatic carbocycles. The van der Waals surface area contributed by atoms with E-state index in [1.54, 1.807) is 10.9 Å². The molecular formula is C13H22N4O3. The van der Waals surface area contributed by atoms with Crippen molar-refractivity contribution in [2.75, 3.05) is 6.54 Å². The summed E-state index contributed by atoms with van der Waals surface area (Å²) < 4.78 is 1.71. The topological polar surface area (TPSA) is 96.3 Å². The summed E-state index contributed by atoms with van der Waals surface area (Å²) in [5.41, 5.74) is 0.939. The smallest absolute Gasteiger partial charge is 0.315 e. The fraction of sp³-hybridized carbons (Fsp3) is 0.615. The lowest BCUT2D eigenvalue weighted by Crippen LogP contribution is -2.35. The Kier molecular flexibility index (Phi) is 7.16. The van der Waals surface area contributed by atoms with E-state index in [1.807, 2.05) is 13.1 Å². The third-order valence-electron chi connectivity index (χ3n) is 2.96. The number of hydrogen-bond donors (Lipinski definition) is 3. The average Bonchev–Trinajstić information content (AvgIpc) is 2.80. The fourth-order valence-corrected chi connectivity index (χ4v) is 1.76. The molecule has 0 aliphatic carbocycles. The Hall–Kier alpha value is -2.05. The molecule has 1 aromatic heterocycles. The van der Waals surface area contributed by atoms with Gasteiger partial charge in [-0.1, -0.05) is 12.8 Å². The van der Waals surface area contributed by atoms with Gasteiger partial charge in [0.05, 0.1) is 12.2 Å². The molecule has 0 bridgehead atoms. The van der Waals surface area contributed by atoms with E-state index in [9.17, 15) is 9.59 Å². The summed E-state index contributed by atoms with van der Waals surface area (Å²) in [5, 5.41) is 18.0. The van der Waals surface area contributed by atoms with Crippen LogP contribution in [0.1, 0.15) is 37.8 Å². The van der Waals surface area contributed by atoms with Gasteiger partial charge in [0.2, 0.25) is 0 Å². The number of carbonyl (C=O) groups excluding carboxylic acids is 1. The van der Waals surface area contributed by atoms with Crippen LogP contribution in [0.15, 0.2) is 12.3 Å². The third kappa shape index (κ3) is 6.77. The highest BCUT2D eigenvalue weighted by atomic mass is 16.4. The normalized spacial score (nSPS) is 10.2. The van der Waals surface area contributed by atoms with Gasteiger partial charge in [-0.3, -0.25) is 9.48 Å². The number of nitrogens with one attached hydrogen (secondary N) is 2. The molecule has 0 aliphatic rings. The van der Waals surface area contributed by atoms with Crippen LogP contribution in [0.4, 0.5) is 4.79 Å². The molecule has 1 aromatic rings. The van der Waals surface area contributed by atoms with E-state index < -0.39 is 5.97 Å². The number of amides is 2. The number of aliphatic carboxylic acids is 1. The van der Waals surface area contributed by atoms with E-state index in [1.165, 1.54) is 0 Å². The molecule has 0 spiro atoms.